The number of anilines is 1. The molecule has 162 valence electrons. The number of hydrogen-bond acceptors (Lipinski definition) is 6. The van der Waals surface area contributed by atoms with Gasteiger partial charge in [0, 0.05) is 12.7 Å². The number of rotatable bonds is 8. The minimum absolute atomic E-state index is 0.179. The van der Waals surface area contributed by atoms with Crippen LogP contribution in [0.15, 0.2) is 42.5 Å². The molecule has 0 fully saturated rings. The van der Waals surface area contributed by atoms with Crippen molar-refractivity contribution in [3.05, 3.63) is 59.2 Å². The highest BCUT2D eigenvalue weighted by molar-refractivity contribution is 5.96. The van der Waals surface area contributed by atoms with E-state index in [1.165, 1.54) is 18.9 Å². The molecule has 0 aliphatic rings. The summed E-state index contributed by atoms with van der Waals surface area (Å²) in [4.78, 5) is 37.8. The predicted molar refractivity (Wildman–Crippen MR) is 114 cm³/mol. The maximum absolute atomic E-state index is 12.3. The highest BCUT2D eigenvalue weighted by Crippen LogP contribution is 2.19. The first-order chi connectivity index (χ1) is 14.7. The van der Waals surface area contributed by atoms with E-state index in [1.807, 2.05) is 38.1 Å². The summed E-state index contributed by atoms with van der Waals surface area (Å²) < 4.78 is 10.5. The van der Waals surface area contributed by atoms with E-state index in [4.69, 9.17) is 14.7 Å². The zero-order valence-electron chi connectivity index (χ0n) is 18.0. The van der Waals surface area contributed by atoms with E-state index in [9.17, 15) is 14.4 Å². The van der Waals surface area contributed by atoms with Gasteiger partial charge in [0.15, 0.2) is 12.7 Å². The molecule has 0 aromatic heterocycles. The fourth-order valence-corrected chi connectivity index (χ4v) is 2.71. The molecule has 2 aromatic carbocycles. The van der Waals surface area contributed by atoms with Crippen molar-refractivity contribution >= 4 is 23.5 Å². The van der Waals surface area contributed by atoms with Crippen molar-refractivity contribution in [3.8, 4) is 11.8 Å². The van der Waals surface area contributed by atoms with Gasteiger partial charge in [0.25, 0.3) is 5.91 Å². The Kier molecular flexibility index (Phi) is 8.15. The van der Waals surface area contributed by atoms with Crippen LogP contribution >= 0.6 is 0 Å². The average Bonchev–Trinajstić information content (AvgIpc) is 2.74. The van der Waals surface area contributed by atoms with Gasteiger partial charge in [0.1, 0.15) is 5.75 Å². The van der Waals surface area contributed by atoms with Gasteiger partial charge in [-0.05, 0) is 56.2 Å². The molecule has 8 nitrogen and oxygen atoms in total. The molecule has 0 radical (unpaired) electrons. The zero-order valence-corrected chi connectivity index (χ0v) is 18.0. The van der Waals surface area contributed by atoms with E-state index in [-0.39, 0.29) is 12.5 Å². The summed E-state index contributed by atoms with van der Waals surface area (Å²) in [6.07, 6.45) is -0.946. The number of hydrogen-bond donors (Lipinski definition) is 1. The first kappa shape index (κ1) is 23.4. The van der Waals surface area contributed by atoms with E-state index in [1.54, 1.807) is 24.3 Å². The molecule has 0 saturated heterocycles. The van der Waals surface area contributed by atoms with Crippen molar-refractivity contribution < 1.29 is 23.9 Å². The van der Waals surface area contributed by atoms with Crippen LogP contribution in [0.1, 0.15) is 23.6 Å². The first-order valence-corrected chi connectivity index (χ1v) is 9.64. The van der Waals surface area contributed by atoms with Crippen LogP contribution in [0, 0.1) is 25.2 Å². The van der Waals surface area contributed by atoms with Crippen LogP contribution in [0.5, 0.6) is 5.75 Å². The predicted octanol–water partition coefficient (Wildman–Crippen LogP) is 2.58. The molecule has 8 heteroatoms. The summed E-state index contributed by atoms with van der Waals surface area (Å²) in [5, 5.41) is 11.6. The second kappa shape index (κ2) is 10.8. The second-order valence-electron chi connectivity index (χ2n) is 7.07. The lowest BCUT2D eigenvalue weighted by atomic mass is 10.1. The highest BCUT2D eigenvalue weighted by Gasteiger charge is 2.20. The van der Waals surface area contributed by atoms with E-state index in [2.05, 4.69) is 5.32 Å². The molecule has 1 atom stereocenters. The van der Waals surface area contributed by atoms with Crippen LogP contribution in [0.4, 0.5) is 5.69 Å². The molecule has 0 spiro atoms. The number of likely N-dealkylation sites (N-methyl/N-ethyl adjacent to an activating group) is 1. The SMILES string of the molecule is Cc1cccc(C)c1NC(=O)CN(C)C(=O)COC(=O)[C@@H](C)Oc1ccc(C#N)cc1. The maximum Gasteiger partial charge on any atom is 0.347 e. The summed E-state index contributed by atoms with van der Waals surface area (Å²) in [6, 6.07) is 13.9. The summed E-state index contributed by atoms with van der Waals surface area (Å²) in [6.45, 7) is 4.58. The molecule has 0 bridgehead atoms. The van der Waals surface area contributed by atoms with Gasteiger partial charge in [-0.2, -0.15) is 5.26 Å². The fourth-order valence-electron chi connectivity index (χ4n) is 2.71. The molecular weight excluding hydrogens is 398 g/mol. The third kappa shape index (κ3) is 6.85. The Balaban J connectivity index is 1.80. The van der Waals surface area contributed by atoms with Crippen molar-refractivity contribution in [3.63, 3.8) is 0 Å². The van der Waals surface area contributed by atoms with Crippen LogP contribution in [0.25, 0.3) is 0 Å². The Morgan fingerprint density at radius 2 is 1.71 bits per heavy atom. The number of para-hydroxylation sites is 1. The summed E-state index contributed by atoms with van der Waals surface area (Å²) >= 11 is 0. The van der Waals surface area contributed by atoms with Crippen molar-refractivity contribution in [2.24, 2.45) is 0 Å². The lowest BCUT2D eigenvalue weighted by Crippen LogP contribution is -2.38. The van der Waals surface area contributed by atoms with Gasteiger partial charge in [-0.1, -0.05) is 18.2 Å². The average molecular weight is 423 g/mol. The minimum Gasteiger partial charge on any atom is -0.479 e. The number of esters is 1. The Labute approximate surface area is 181 Å². The summed E-state index contributed by atoms with van der Waals surface area (Å²) in [5.41, 5.74) is 3.03. The van der Waals surface area contributed by atoms with Crippen LogP contribution < -0.4 is 10.1 Å². The molecular formula is C23H25N3O5. The Morgan fingerprint density at radius 3 is 2.29 bits per heavy atom. The molecule has 0 aliphatic heterocycles. The topological polar surface area (TPSA) is 109 Å². The monoisotopic (exact) mass is 423 g/mol. The normalized spacial score (nSPS) is 11.1. The number of nitrogens with one attached hydrogen (secondary N) is 1. The smallest absolute Gasteiger partial charge is 0.347 e. The third-order valence-electron chi connectivity index (χ3n) is 4.52. The Morgan fingerprint density at radius 1 is 1.10 bits per heavy atom. The number of carbonyl (C=O) groups excluding carboxylic acids is 3. The van der Waals surface area contributed by atoms with E-state index in [0.717, 1.165) is 11.1 Å². The van der Waals surface area contributed by atoms with Crippen LogP contribution in [0.2, 0.25) is 0 Å². The van der Waals surface area contributed by atoms with Crippen molar-refractivity contribution in [2.45, 2.75) is 26.9 Å². The van der Waals surface area contributed by atoms with Crippen LogP contribution in [0.3, 0.4) is 0 Å². The lowest BCUT2D eigenvalue weighted by molar-refractivity contribution is -0.157. The second-order valence-corrected chi connectivity index (χ2v) is 7.07. The van der Waals surface area contributed by atoms with Gasteiger partial charge in [-0.3, -0.25) is 9.59 Å². The number of ether oxygens (including phenoxy) is 2. The molecule has 0 saturated carbocycles. The molecule has 0 heterocycles. The molecule has 1 N–H and O–H groups in total. The molecule has 2 amide bonds. The Bertz CT molecular complexity index is 975. The third-order valence-corrected chi connectivity index (χ3v) is 4.52. The molecule has 2 rings (SSSR count). The maximum atomic E-state index is 12.3. The van der Waals surface area contributed by atoms with Crippen molar-refractivity contribution in [1.82, 2.24) is 4.90 Å². The fraction of sp³-hybridized carbons (Fsp3) is 0.304. The molecule has 0 unspecified atom stereocenters. The largest absolute Gasteiger partial charge is 0.479 e. The van der Waals surface area contributed by atoms with Crippen molar-refractivity contribution in [2.75, 3.05) is 25.5 Å². The number of nitriles is 1. The number of aryl methyl sites for hydroxylation is 2. The van der Waals surface area contributed by atoms with E-state index in [0.29, 0.717) is 17.0 Å². The summed E-state index contributed by atoms with van der Waals surface area (Å²) in [7, 11) is 1.46. The van der Waals surface area contributed by atoms with Crippen LogP contribution in [-0.4, -0.2) is 49.0 Å². The molecule has 0 aliphatic carbocycles. The number of benzene rings is 2. The number of amides is 2. The highest BCUT2D eigenvalue weighted by atomic mass is 16.6. The molecule has 2 aromatic rings. The zero-order chi connectivity index (χ0) is 23.0. The van der Waals surface area contributed by atoms with Gasteiger partial charge in [0.05, 0.1) is 18.2 Å². The lowest BCUT2D eigenvalue weighted by Gasteiger charge is -2.19. The minimum atomic E-state index is -0.946. The van der Waals surface area contributed by atoms with Gasteiger partial charge in [-0.15, -0.1) is 0 Å². The van der Waals surface area contributed by atoms with E-state index < -0.39 is 24.6 Å². The quantitative estimate of drug-likeness (QED) is 0.654. The standard InChI is InChI=1S/C23H25N3O5/c1-15-6-5-7-16(2)22(15)25-20(27)13-26(4)21(28)14-30-23(29)17(3)31-19-10-8-18(12-24)9-11-19/h5-11,17H,13-14H2,1-4H3,(H,25,27)/t17-/m1/s1. The number of carbonyl (C=O) groups is 3. The van der Waals surface area contributed by atoms with Gasteiger partial charge in [-0.25, -0.2) is 4.79 Å². The molecule has 31 heavy (non-hydrogen) atoms. The van der Waals surface area contributed by atoms with Gasteiger partial charge in [0.2, 0.25) is 5.91 Å². The number of nitrogens with zero attached hydrogens (tertiary/aromatic N) is 2. The Hall–Kier alpha value is -3.86. The van der Waals surface area contributed by atoms with Gasteiger partial charge >= 0.3 is 5.97 Å². The van der Waals surface area contributed by atoms with Gasteiger partial charge < -0.3 is 19.7 Å². The van der Waals surface area contributed by atoms with Crippen molar-refractivity contribution in [1.29, 1.82) is 5.26 Å². The van der Waals surface area contributed by atoms with E-state index >= 15 is 0 Å². The first-order valence-electron chi connectivity index (χ1n) is 9.64. The summed E-state index contributed by atoms with van der Waals surface area (Å²) in [5.74, 6) is -1.19. The van der Waals surface area contributed by atoms with Crippen LogP contribution in [-0.2, 0) is 19.1 Å².